The first kappa shape index (κ1) is 11.7. The summed E-state index contributed by atoms with van der Waals surface area (Å²) in [5.74, 6) is 0. The predicted molar refractivity (Wildman–Crippen MR) is 60.5 cm³/mol. The number of hydrogen-bond donors (Lipinski definition) is 1. The van der Waals surface area contributed by atoms with Gasteiger partial charge in [0.25, 0.3) is 0 Å². The van der Waals surface area contributed by atoms with E-state index in [2.05, 4.69) is 23.8 Å². The minimum absolute atomic E-state index is 0. The van der Waals surface area contributed by atoms with Crippen molar-refractivity contribution < 1.29 is 1.43 Å². The fourth-order valence-corrected chi connectivity index (χ4v) is 0.628. The molecule has 0 aliphatic rings. The highest BCUT2D eigenvalue weighted by Gasteiger charge is 1.80. The van der Waals surface area contributed by atoms with Gasteiger partial charge in [0.2, 0.25) is 0 Å². The van der Waals surface area contributed by atoms with E-state index in [1.807, 2.05) is 31.2 Å². The molecule has 13 heavy (non-hydrogen) atoms. The van der Waals surface area contributed by atoms with Crippen LogP contribution in [0.4, 0.5) is 0 Å². The monoisotopic (exact) mass is 180 g/mol. The summed E-state index contributed by atoms with van der Waals surface area (Å²) in [5, 5.41) is 0. The Kier molecular flexibility index (Phi) is 7.90. The Labute approximate surface area is 81.9 Å². The van der Waals surface area contributed by atoms with Crippen LogP contribution in [0.25, 0.3) is 6.08 Å². The first-order chi connectivity index (χ1) is 6.35. The molecule has 0 unspecified atom stereocenters. The third kappa shape index (κ3) is 7.06. The minimum Gasteiger partial charge on any atom is -0.345 e. The molecule has 0 aliphatic heterocycles. The Balaban J connectivity index is 0. The maximum Gasteiger partial charge on any atom is 0.0924 e. The molecular weight excluding hydrogens is 160 g/mol. The van der Waals surface area contributed by atoms with Crippen molar-refractivity contribution in [3.63, 3.8) is 0 Å². The SMILES string of the molecule is C/C=C\C=C/c1cnc[nH]1.CCC.[HH]. The zero-order valence-corrected chi connectivity index (χ0v) is 8.62. The van der Waals surface area contributed by atoms with E-state index in [4.69, 9.17) is 0 Å². The van der Waals surface area contributed by atoms with Crippen LogP contribution in [0, 0.1) is 0 Å². The summed E-state index contributed by atoms with van der Waals surface area (Å²) in [4.78, 5) is 6.83. The fourth-order valence-electron chi connectivity index (χ4n) is 0.628. The topological polar surface area (TPSA) is 28.7 Å². The lowest BCUT2D eigenvalue weighted by molar-refractivity contribution is 1.09. The van der Waals surface area contributed by atoms with Crippen LogP contribution in [-0.4, -0.2) is 9.97 Å². The van der Waals surface area contributed by atoms with Crippen molar-refractivity contribution in [3.05, 3.63) is 36.4 Å². The van der Waals surface area contributed by atoms with Crippen LogP contribution in [0.3, 0.4) is 0 Å². The lowest BCUT2D eigenvalue weighted by Gasteiger charge is -1.78. The molecular formula is C11H20N2. The number of nitrogens with zero attached hydrogens (tertiary/aromatic N) is 1. The van der Waals surface area contributed by atoms with Crippen LogP contribution >= 0.6 is 0 Å². The number of hydrogen-bond acceptors (Lipinski definition) is 1. The maximum absolute atomic E-state index is 3.87. The van der Waals surface area contributed by atoms with Crippen molar-refractivity contribution in [3.8, 4) is 0 Å². The van der Waals surface area contributed by atoms with E-state index in [9.17, 15) is 0 Å². The highest BCUT2D eigenvalue weighted by molar-refractivity contribution is 5.45. The third-order valence-electron chi connectivity index (χ3n) is 1.10. The van der Waals surface area contributed by atoms with Crippen LogP contribution < -0.4 is 0 Å². The first-order valence-electron chi connectivity index (χ1n) is 4.62. The average molecular weight is 180 g/mol. The minimum atomic E-state index is 0. The van der Waals surface area contributed by atoms with Gasteiger partial charge in [0.05, 0.1) is 18.2 Å². The molecule has 0 saturated carbocycles. The van der Waals surface area contributed by atoms with Gasteiger partial charge in [-0.15, -0.1) is 0 Å². The van der Waals surface area contributed by atoms with Crippen molar-refractivity contribution in [2.75, 3.05) is 0 Å². The van der Waals surface area contributed by atoms with Gasteiger partial charge in [0.15, 0.2) is 0 Å². The van der Waals surface area contributed by atoms with Crippen molar-refractivity contribution >= 4 is 6.08 Å². The Bertz CT molecular complexity index is 238. The summed E-state index contributed by atoms with van der Waals surface area (Å²) in [7, 11) is 0. The second-order valence-electron chi connectivity index (χ2n) is 2.60. The molecule has 2 heteroatoms. The van der Waals surface area contributed by atoms with E-state index in [1.165, 1.54) is 6.42 Å². The van der Waals surface area contributed by atoms with Crippen molar-refractivity contribution in [1.29, 1.82) is 0 Å². The number of H-pyrrole nitrogens is 1. The van der Waals surface area contributed by atoms with Crippen LogP contribution in [0.5, 0.6) is 0 Å². The molecule has 1 N–H and O–H groups in total. The smallest absolute Gasteiger partial charge is 0.0924 e. The number of aromatic amines is 1. The zero-order chi connectivity index (χ0) is 9.94. The number of rotatable bonds is 2. The van der Waals surface area contributed by atoms with E-state index in [0.717, 1.165) is 5.69 Å². The van der Waals surface area contributed by atoms with E-state index in [-0.39, 0.29) is 1.43 Å². The molecule has 1 rings (SSSR count). The molecule has 1 heterocycles. The van der Waals surface area contributed by atoms with E-state index < -0.39 is 0 Å². The fraction of sp³-hybridized carbons (Fsp3) is 0.364. The van der Waals surface area contributed by atoms with Crippen LogP contribution in [0.2, 0.25) is 0 Å². The third-order valence-corrected chi connectivity index (χ3v) is 1.10. The van der Waals surface area contributed by atoms with Crippen molar-refractivity contribution in [1.82, 2.24) is 9.97 Å². The molecule has 0 aromatic carbocycles. The van der Waals surface area contributed by atoms with Gasteiger partial charge in [-0.25, -0.2) is 4.98 Å². The van der Waals surface area contributed by atoms with Crippen molar-refractivity contribution in [2.24, 2.45) is 0 Å². The quantitative estimate of drug-likeness (QED) is 0.691. The van der Waals surface area contributed by atoms with E-state index in [1.54, 1.807) is 12.5 Å². The Hall–Kier alpha value is -1.31. The van der Waals surface area contributed by atoms with Crippen LogP contribution in [0.1, 0.15) is 34.3 Å². The lowest BCUT2D eigenvalue weighted by Crippen LogP contribution is -1.64. The summed E-state index contributed by atoms with van der Waals surface area (Å²) in [5.41, 5.74) is 1.03. The number of allylic oxidation sites excluding steroid dienone is 3. The predicted octanol–water partition coefficient (Wildman–Crippen LogP) is 3.66. The molecule has 0 bridgehead atoms. The van der Waals surface area contributed by atoms with Gasteiger partial charge in [-0.1, -0.05) is 38.5 Å². The molecule has 0 atom stereocenters. The Morgan fingerprint density at radius 3 is 2.62 bits per heavy atom. The molecule has 1 aromatic heterocycles. The number of nitrogens with one attached hydrogen (secondary N) is 1. The summed E-state index contributed by atoms with van der Waals surface area (Å²) >= 11 is 0. The number of aromatic nitrogens is 2. The van der Waals surface area contributed by atoms with Gasteiger partial charge in [-0.2, -0.15) is 0 Å². The average Bonchev–Trinajstić information content (AvgIpc) is 2.59. The molecule has 0 aliphatic carbocycles. The lowest BCUT2D eigenvalue weighted by atomic mass is 10.4. The first-order valence-corrected chi connectivity index (χ1v) is 4.62. The second-order valence-corrected chi connectivity index (χ2v) is 2.60. The summed E-state index contributed by atoms with van der Waals surface area (Å²) in [6.45, 7) is 6.23. The largest absolute Gasteiger partial charge is 0.345 e. The standard InChI is InChI=1S/C8H10N2.C3H8.H2/c1-2-3-4-5-8-6-9-7-10-8;1-3-2;/h2-7H,1H3,(H,9,10);3H2,1-2H3;1H/b3-2-,5-4-;;. The van der Waals surface area contributed by atoms with Gasteiger partial charge in [0, 0.05) is 1.43 Å². The Morgan fingerprint density at radius 1 is 1.46 bits per heavy atom. The van der Waals surface area contributed by atoms with Crippen LogP contribution in [-0.2, 0) is 0 Å². The normalized spacial score (nSPS) is 10.4. The van der Waals surface area contributed by atoms with Gasteiger partial charge in [-0.05, 0) is 13.0 Å². The van der Waals surface area contributed by atoms with Gasteiger partial charge in [0.1, 0.15) is 0 Å². The summed E-state index contributed by atoms with van der Waals surface area (Å²) < 4.78 is 0. The molecule has 0 spiro atoms. The molecule has 2 nitrogen and oxygen atoms in total. The molecule has 0 fully saturated rings. The van der Waals surface area contributed by atoms with Crippen molar-refractivity contribution in [2.45, 2.75) is 27.2 Å². The molecule has 0 amide bonds. The zero-order valence-electron chi connectivity index (χ0n) is 8.62. The van der Waals surface area contributed by atoms with Crippen LogP contribution in [0.15, 0.2) is 30.8 Å². The van der Waals surface area contributed by atoms with E-state index in [0.29, 0.717) is 0 Å². The Morgan fingerprint density at radius 2 is 2.15 bits per heavy atom. The molecule has 0 radical (unpaired) electrons. The second kappa shape index (κ2) is 8.78. The maximum atomic E-state index is 3.87. The highest BCUT2D eigenvalue weighted by Crippen LogP contribution is 1.93. The van der Waals surface area contributed by atoms with E-state index >= 15 is 0 Å². The van der Waals surface area contributed by atoms with Gasteiger partial charge in [-0.3, -0.25) is 0 Å². The molecule has 74 valence electrons. The van der Waals surface area contributed by atoms with Gasteiger partial charge >= 0.3 is 0 Å². The van der Waals surface area contributed by atoms with Gasteiger partial charge < -0.3 is 4.98 Å². The summed E-state index contributed by atoms with van der Waals surface area (Å²) in [6.07, 6.45) is 12.6. The summed E-state index contributed by atoms with van der Waals surface area (Å²) in [6, 6.07) is 0. The number of imidazole rings is 1. The molecule has 1 aromatic rings. The molecule has 0 saturated heterocycles. The highest BCUT2D eigenvalue weighted by atomic mass is 14.8.